The molecular weight excluding hydrogens is 336 g/mol. The molecule has 2 fully saturated rings. The van der Waals surface area contributed by atoms with E-state index in [2.05, 4.69) is 10.6 Å². The fraction of sp³-hybridized carbons (Fsp3) is 0.350. The molecule has 1 amide bonds. The molecule has 0 aromatic heterocycles. The Morgan fingerprint density at radius 3 is 1.96 bits per heavy atom. The first-order valence-electron chi connectivity index (χ1n) is 8.53. The minimum absolute atomic E-state index is 0. The van der Waals surface area contributed by atoms with Crippen LogP contribution < -0.4 is 10.6 Å². The van der Waals surface area contributed by atoms with Crippen molar-refractivity contribution in [3.63, 3.8) is 0 Å². The highest BCUT2D eigenvalue weighted by Crippen LogP contribution is 2.48. The molecule has 1 saturated heterocycles. The minimum Gasteiger partial charge on any atom is -0.372 e. The molecule has 4 nitrogen and oxygen atoms in total. The second-order valence-electron chi connectivity index (χ2n) is 6.80. The molecule has 1 unspecified atom stereocenters. The summed E-state index contributed by atoms with van der Waals surface area (Å²) in [5, 5.41) is 17.7. The molecule has 1 heterocycles. The highest BCUT2D eigenvalue weighted by atomic mass is 35.5. The highest BCUT2D eigenvalue weighted by molar-refractivity contribution is 5.90. The van der Waals surface area contributed by atoms with Gasteiger partial charge in [0.2, 0.25) is 0 Å². The summed E-state index contributed by atoms with van der Waals surface area (Å²) in [7, 11) is 0. The van der Waals surface area contributed by atoms with Crippen molar-refractivity contribution in [1.29, 1.82) is 0 Å². The maximum Gasteiger partial charge on any atom is 0.261 e. The Bertz CT molecular complexity index is 673. The third kappa shape index (κ3) is 3.17. The number of aliphatic hydroxyl groups is 1. The topological polar surface area (TPSA) is 61.4 Å². The summed E-state index contributed by atoms with van der Waals surface area (Å²) in [6.45, 7) is 2.73. The lowest BCUT2D eigenvalue weighted by Crippen LogP contribution is -2.46. The lowest BCUT2D eigenvalue weighted by Gasteiger charge is -2.28. The average Bonchev–Trinajstić information content (AvgIpc) is 3.07. The van der Waals surface area contributed by atoms with Crippen LogP contribution in [0, 0.1) is 17.8 Å². The van der Waals surface area contributed by atoms with Gasteiger partial charge in [-0.3, -0.25) is 4.79 Å². The van der Waals surface area contributed by atoms with Crippen molar-refractivity contribution in [3.8, 4) is 0 Å². The normalized spacial score (nSPS) is 24.1. The molecule has 4 rings (SSSR count). The summed E-state index contributed by atoms with van der Waals surface area (Å²) in [5.74, 6) is 1.57. The maximum atomic E-state index is 12.9. The van der Waals surface area contributed by atoms with Crippen molar-refractivity contribution in [2.24, 2.45) is 17.8 Å². The van der Waals surface area contributed by atoms with Crippen LogP contribution in [0.3, 0.4) is 0 Å². The summed E-state index contributed by atoms with van der Waals surface area (Å²) in [5.41, 5.74) is -0.483. The van der Waals surface area contributed by atoms with Gasteiger partial charge in [0.1, 0.15) is 0 Å². The number of piperidine rings is 1. The fourth-order valence-electron chi connectivity index (χ4n) is 3.98. The zero-order valence-corrected chi connectivity index (χ0v) is 14.7. The van der Waals surface area contributed by atoms with Gasteiger partial charge in [0.15, 0.2) is 5.60 Å². The molecule has 132 valence electrons. The van der Waals surface area contributed by atoms with Gasteiger partial charge in [0.05, 0.1) is 0 Å². The van der Waals surface area contributed by atoms with E-state index in [4.69, 9.17) is 0 Å². The van der Waals surface area contributed by atoms with Gasteiger partial charge in [-0.2, -0.15) is 0 Å². The molecule has 3 atom stereocenters. The minimum atomic E-state index is -1.66. The zero-order valence-electron chi connectivity index (χ0n) is 13.9. The van der Waals surface area contributed by atoms with Crippen LogP contribution in [-0.4, -0.2) is 30.6 Å². The summed E-state index contributed by atoms with van der Waals surface area (Å²) in [4.78, 5) is 12.9. The van der Waals surface area contributed by atoms with Gasteiger partial charge in [0.25, 0.3) is 5.91 Å². The Labute approximate surface area is 154 Å². The van der Waals surface area contributed by atoms with Crippen LogP contribution in [0.1, 0.15) is 11.1 Å². The molecule has 1 saturated carbocycles. The number of hydrogen-bond donors (Lipinski definition) is 3. The van der Waals surface area contributed by atoms with Crippen LogP contribution in [-0.2, 0) is 10.4 Å². The molecule has 5 heteroatoms. The van der Waals surface area contributed by atoms with Crippen molar-refractivity contribution >= 4 is 18.3 Å². The van der Waals surface area contributed by atoms with Crippen LogP contribution >= 0.6 is 12.4 Å². The smallest absolute Gasteiger partial charge is 0.261 e. The summed E-state index contributed by atoms with van der Waals surface area (Å²) in [6.07, 6.45) is 0. The Kier molecular flexibility index (Phi) is 5.13. The standard InChI is InChI=1S/C20H22N2O2.ClH/c23-19(22-13-18-16-11-21-12-17(16)18)20(24,14-7-3-1-4-8-14)15-9-5-2-6-10-15;/h1-10,16-18,21,24H,11-13H2,(H,22,23);1H/t16-,17+,18?;. The lowest BCUT2D eigenvalue weighted by atomic mass is 9.85. The molecule has 3 N–H and O–H groups in total. The predicted octanol–water partition coefficient (Wildman–Crippen LogP) is 1.93. The lowest BCUT2D eigenvalue weighted by molar-refractivity contribution is -0.136. The zero-order chi connectivity index (χ0) is 16.6. The number of amides is 1. The Morgan fingerprint density at radius 1 is 1.00 bits per heavy atom. The first-order valence-corrected chi connectivity index (χ1v) is 8.53. The van der Waals surface area contributed by atoms with Crippen LogP contribution in [0.2, 0.25) is 0 Å². The number of nitrogens with one attached hydrogen (secondary N) is 2. The van der Waals surface area contributed by atoms with E-state index >= 15 is 0 Å². The van der Waals surface area contributed by atoms with Crippen molar-refractivity contribution < 1.29 is 9.90 Å². The SMILES string of the molecule is Cl.O=C(NCC1[C@H]2CNC[C@@H]12)C(O)(c1ccccc1)c1ccccc1. The van der Waals surface area contributed by atoms with Crippen LogP contribution in [0.5, 0.6) is 0 Å². The number of hydrogen-bond acceptors (Lipinski definition) is 3. The third-order valence-corrected chi connectivity index (χ3v) is 5.48. The van der Waals surface area contributed by atoms with Crippen LogP contribution in [0.25, 0.3) is 0 Å². The first kappa shape index (κ1) is 17.9. The monoisotopic (exact) mass is 358 g/mol. The largest absolute Gasteiger partial charge is 0.372 e. The van der Waals surface area contributed by atoms with E-state index < -0.39 is 5.60 Å². The number of rotatable bonds is 5. The van der Waals surface area contributed by atoms with E-state index in [9.17, 15) is 9.90 Å². The van der Waals surface area contributed by atoms with Crippen molar-refractivity contribution in [2.75, 3.05) is 19.6 Å². The second kappa shape index (κ2) is 7.16. The fourth-order valence-corrected chi connectivity index (χ4v) is 3.98. The van der Waals surface area contributed by atoms with Gasteiger partial charge in [-0.05, 0) is 42.0 Å². The van der Waals surface area contributed by atoms with Gasteiger partial charge in [-0.25, -0.2) is 0 Å². The van der Waals surface area contributed by atoms with Gasteiger partial charge >= 0.3 is 0 Å². The molecule has 1 aliphatic heterocycles. The second-order valence-corrected chi connectivity index (χ2v) is 6.80. The van der Waals surface area contributed by atoms with E-state index in [1.54, 1.807) is 24.3 Å². The average molecular weight is 359 g/mol. The van der Waals surface area contributed by atoms with E-state index in [1.165, 1.54) is 0 Å². The molecule has 0 spiro atoms. The van der Waals surface area contributed by atoms with Gasteiger partial charge in [0, 0.05) is 6.54 Å². The number of halogens is 1. The first-order chi connectivity index (χ1) is 11.7. The quantitative estimate of drug-likeness (QED) is 0.765. The van der Waals surface area contributed by atoms with Crippen LogP contribution in [0.15, 0.2) is 60.7 Å². The van der Waals surface area contributed by atoms with Gasteiger partial charge in [-0.15, -0.1) is 12.4 Å². The Balaban J connectivity index is 0.00000182. The summed E-state index contributed by atoms with van der Waals surface area (Å²) < 4.78 is 0. The Morgan fingerprint density at radius 2 is 1.48 bits per heavy atom. The summed E-state index contributed by atoms with van der Waals surface area (Å²) in [6, 6.07) is 18.3. The number of carbonyl (C=O) groups is 1. The number of carbonyl (C=O) groups excluding carboxylic acids is 1. The number of benzene rings is 2. The molecule has 0 bridgehead atoms. The molecular formula is C20H23ClN2O2. The summed E-state index contributed by atoms with van der Waals surface area (Å²) >= 11 is 0. The van der Waals surface area contributed by atoms with Gasteiger partial charge < -0.3 is 15.7 Å². The van der Waals surface area contributed by atoms with Crippen molar-refractivity contribution in [2.45, 2.75) is 5.60 Å². The van der Waals surface area contributed by atoms with E-state index in [0.717, 1.165) is 13.1 Å². The molecule has 25 heavy (non-hydrogen) atoms. The van der Waals surface area contributed by atoms with E-state index in [-0.39, 0.29) is 18.3 Å². The predicted molar refractivity (Wildman–Crippen MR) is 99.5 cm³/mol. The molecule has 2 aromatic carbocycles. The van der Waals surface area contributed by atoms with Crippen molar-refractivity contribution in [1.82, 2.24) is 10.6 Å². The molecule has 1 aliphatic carbocycles. The van der Waals surface area contributed by atoms with E-state index in [1.807, 2.05) is 36.4 Å². The molecule has 2 aromatic rings. The van der Waals surface area contributed by atoms with Gasteiger partial charge in [-0.1, -0.05) is 60.7 Å². The Hall–Kier alpha value is -1.88. The highest BCUT2D eigenvalue weighted by Gasteiger charge is 2.53. The third-order valence-electron chi connectivity index (χ3n) is 5.48. The van der Waals surface area contributed by atoms with E-state index in [0.29, 0.717) is 35.4 Å². The number of fused-ring (bicyclic) bond motifs is 1. The molecule has 2 aliphatic rings. The van der Waals surface area contributed by atoms with Crippen molar-refractivity contribution in [3.05, 3.63) is 71.8 Å². The maximum absolute atomic E-state index is 12.9. The molecule has 0 radical (unpaired) electrons. The van der Waals surface area contributed by atoms with Crippen LogP contribution in [0.4, 0.5) is 0 Å².